The van der Waals surface area contributed by atoms with E-state index in [9.17, 15) is 4.79 Å². The van der Waals surface area contributed by atoms with Gasteiger partial charge in [-0.1, -0.05) is 25.5 Å². The second-order valence-electron chi connectivity index (χ2n) is 6.73. The maximum absolute atomic E-state index is 12.8. The maximum atomic E-state index is 12.8. The van der Waals surface area contributed by atoms with Gasteiger partial charge in [0.1, 0.15) is 6.61 Å². The molecule has 1 aliphatic carbocycles. The number of hydrogen-bond acceptors (Lipinski definition) is 4. The second kappa shape index (κ2) is 8.39. The molecule has 0 spiro atoms. The highest BCUT2D eigenvalue weighted by atomic mass is 16.5. The van der Waals surface area contributed by atoms with Crippen LogP contribution in [0.5, 0.6) is 11.5 Å². The van der Waals surface area contributed by atoms with Crippen LogP contribution in [-0.4, -0.2) is 61.6 Å². The van der Waals surface area contributed by atoms with Crippen LogP contribution in [0, 0.1) is 0 Å². The van der Waals surface area contributed by atoms with Crippen molar-refractivity contribution in [2.45, 2.75) is 31.7 Å². The first-order chi connectivity index (χ1) is 12.2. The van der Waals surface area contributed by atoms with Crippen LogP contribution in [0.2, 0.25) is 0 Å². The van der Waals surface area contributed by atoms with E-state index in [4.69, 9.17) is 9.47 Å². The third kappa shape index (κ3) is 4.15. The Balaban J connectivity index is 1.62. The Morgan fingerprint density at radius 3 is 2.56 bits per heavy atom. The molecule has 5 nitrogen and oxygen atoms in total. The zero-order valence-electron chi connectivity index (χ0n) is 15.1. The predicted molar refractivity (Wildman–Crippen MR) is 98.4 cm³/mol. The van der Waals surface area contributed by atoms with E-state index in [0.717, 1.165) is 32.2 Å². The summed E-state index contributed by atoms with van der Waals surface area (Å²) >= 11 is 0. The van der Waals surface area contributed by atoms with Crippen LogP contribution >= 0.6 is 0 Å². The van der Waals surface area contributed by atoms with E-state index in [1.165, 1.54) is 25.7 Å². The molecule has 1 heterocycles. The van der Waals surface area contributed by atoms with Crippen LogP contribution in [-0.2, 0) is 0 Å². The van der Waals surface area contributed by atoms with Crippen molar-refractivity contribution >= 4 is 5.91 Å². The standard InChI is InChI=1S/C20H28N2O3/c1-3-14-25-18-9-8-16(15-19(18)24-2)20(23)22-12-10-21(11-13-22)17-6-4-5-7-17/h3,8-9,15,17H,1,4-7,10-14H2,2H3. The van der Waals surface area contributed by atoms with E-state index < -0.39 is 0 Å². The number of nitrogens with zero attached hydrogens (tertiary/aromatic N) is 2. The van der Waals surface area contributed by atoms with Gasteiger partial charge in [-0.15, -0.1) is 0 Å². The average Bonchev–Trinajstić information content (AvgIpc) is 3.20. The number of ether oxygens (including phenoxy) is 2. The predicted octanol–water partition coefficient (Wildman–Crippen LogP) is 2.96. The van der Waals surface area contributed by atoms with Crippen LogP contribution in [0.3, 0.4) is 0 Å². The topological polar surface area (TPSA) is 42.0 Å². The molecule has 2 aliphatic rings. The first kappa shape index (κ1) is 17.8. The molecular weight excluding hydrogens is 316 g/mol. The minimum absolute atomic E-state index is 0.0691. The average molecular weight is 344 g/mol. The first-order valence-electron chi connectivity index (χ1n) is 9.18. The first-order valence-corrected chi connectivity index (χ1v) is 9.18. The molecule has 0 atom stereocenters. The summed E-state index contributed by atoms with van der Waals surface area (Å²) < 4.78 is 10.9. The zero-order valence-corrected chi connectivity index (χ0v) is 15.1. The molecular formula is C20H28N2O3. The summed E-state index contributed by atoms with van der Waals surface area (Å²) in [6, 6.07) is 6.11. The molecule has 1 aliphatic heterocycles. The van der Waals surface area contributed by atoms with Crippen LogP contribution in [0.15, 0.2) is 30.9 Å². The van der Waals surface area contributed by atoms with Gasteiger partial charge >= 0.3 is 0 Å². The number of hydrogen-bond donors (Lipinski definition) is 0. The summed E-state index contributed by atoms with van der Waals surface area (Å²) in [6.07, 6.45) is 7.02. The number of methoxy groups -OCH3 is 1. The number of amides is 1. The van der Waals surface area contributed by atoms with Crippen molar-refractivity contribution in [3.63, 3.8) is 0 Å². The number of benzene rings is 1. The summed E-state index contributed by atoms with van der Waals surface area (Å²) in [7, 11) is 1.59. The van der Waals surface area contributed by atoms with Crippen molar-refractivity contribution in [2.24, 2.45) is 0 Å². The van der Waals surface area contributed by atoms with E-state index in [1.54, 1.807) is 25.3 Å². The van der Waals surface area contributed by atoms with E-state index >= 15 is 0 Å². The van der Waals surface area contributed by atoms with Gasteiger partial charge in [-0.2, -0.15) is 0 Å². The summed E-state index contributed by atoms with van der Waals surface area (Å²) in [5.74, 6) is 1.28. The van der Waals surface area contributed by atoms with Crippen LogP contribution in [0.1, 0.15) is 36.0 Å². The fraction of sp³-hybridized carbons (Fsp3) is 0.550. The van der Waals surface area contributed by atoms with Gasteiger partial charge in [-0.3, -0.25) is 9.69 Å². The monoisotopic (exact) mass is 344 g/mol. The highest BCUT2D eigenvalue weighted by molar-refractivity contribution is 5.95. The minimum atomic E-state index is 0.0691. The highest BCUT2D eigenvalue weighted by Gasteiger charge is 2.28. The minimum Gasteiger partial charge on any atom is -0.493 e. The molecule has 2 fully saturated rings. The van der Waals surface area contributed by atoms with Crippen LogP contribution in [0.4, 0.5) is 0 Å². The normalized spacial score (nSPS) is 19.0. The highest BCUT2D eigenvalue weighted by Crippen LogP contribution is 2.29. The Morgan fingerprint density at radius 1 is 1.20 bits per heavy atom. The van der Waals surface area contributed by atoms with Gasteiger partial charge in [0.2, 0.25) is 0 Å². The number of piperazine rings is 1. The summed E-state index contributed by atoms with van der Waals surface area (Å²) in [5.41, 5.74) is 0.650. The van der Waals surface area contributed by atoms with E-state index in [2.05, 4.69) is 11.5 Å². The lowest BCUT2D eigenvalue weighted by molar-refractivity contribution is 0.0573. The van der Waals surface area contributed by atoms with E-state index in [1.807, 2.05) is 11.0 Å². The number of carbonyl (C=O) groups is 1. The second-order valence-corrected chi connectivity index (χ2v) is 6.73. The van der Waals surface area contributed by atoms with Crippen molar-refractivity contribution in [2.75, 3.05) is 39.9 Å². The van der Waals surface area contributed by atoms with Gasteiger partial charge in [0.15, 0.2) is 11.5 Å². The fourth-order valence-electron chi connectivity index (χ4n) is 3.81. The van der Waals surface area contributed by atoms with Gasteiger partial charge in [-0.25, -0.2) is 0 Å². The Morgan fingerprint density at radius 2 is 1.92 bits per heavy atom. The van der Waals surface area contributed by atoms with Gasteiger partial charge < -0.3 is 14.4 Å². The number of carbonyl (C=O) groups excluding carboxylic acids is 1. The molecule has 5 heteroatoms. The quantitative estimate of drug-likeness (QED) is 0.744. The molecule has 3 rings (SSSR count). The molecule has 1 amide bonds. The summed E-state index contributed by atoms with van der Waals surface area (Å²) in [5, 5.41) is 0. The third-order valence-electron chi connectivity index (χ3n) is 5.21. The largest absolute Gasteiger partial charge is 0.493 e. The number of rotatable bonds is 6. The third-order valence-corrected chi connectivity index (χ3v) is 5.21. The molecule has 0 radical (unpaired) electrons. The lowest BCUT2D eigenvalue weighted by Gasteiger charge is -2.38. The summed E-state index contributed by atoms with van der Waals surface area (Å²) in [6.45, 7) is 7.61. The molecule has 1 aromatic carbocycles. The molecule has 1 saturated heterocycles. The Kier molecular flexibility index (Phi) is 5.97. The van der Waals surface area contributed by atoms with Crippen LogP contribution in [0.25, 0.3) is 0 Å². The molecule has 0 bridgehead atoms. The summed E-state index contributed by atoms with van der Waals surface area (Å²) in [4.78, 5) is 17.3. The van der Waals surface area contributed by atoms with Gasteiger partial charge in [0.25, 0.3) is 5.91 Å². The van der Waals surface area contributed by atoms with Crippen molar-refractivity contribution in [3.05, 3.63) is 36.4 Å². The Labute approximate surface area is 150 Å². The zero-order chi connectivity index (χ0) is 17.6. The Hall–Kier alpha value is -2.01. The van der Waals surface area contributed by atoms with Gasteiger partial charge in [0.05, 0.1) is 7.11 Å². The van der Waals surface area contributed by atoms with Crippen molar-refractivity contribution < 1.29 is 14.3 Å². The van der Waals surface area contributed by atoms with E-state index in [-0.39, 0.29) is 5.91 Å². The van der Waals surface area contributed by atoms with Gasteiger partial charge in [-0.05, 0) is 31.0 Å². The molecule has 0 N–H and O–H groups in total. The SMILES string of the molecule is C=CCOc1ccc(C(=O)N2CCN(C3CCCC3)CC2)cc1OC. The molecule has 1 saturated carbocycles. The van der Waals surface area contributed by atoms with E-state index in [0.29, 0.717) is 23.7 Å². The lowest BCUT2D eigenvalue weighted by atomic mass is 10.1. The van der Waals surface area contributed by atoms with Crippen molar-refractivity contribution in [1.82, 2.24) is 9.80 Å². The lowest BCUT2D eigenvalue weighted by Crippen LogP contribution is -2.51. The molecule has 136 valence electrons. The Bertz CT molecular complexity index is 603. The maximum Gasteiger partial charge on any atom is 0.254 e. The molecule has 1 aromatic rings. The molecule has 0 unspecified atom stereocenters. The molecule has 0 aromatic heterocycles. The van der Waals surface area contributed by atoms with Crippen molar-refractivity contribution in [3.8, 4) is 11.5 Å². The fourth-order valence-corrected chi connectivity index (χ4v) is 3.81. The smallest absolute Gasteiger partial charge is 0.254 e. The van der Waals surface area contributed by atoms with Crippen molar-refractivity contribution in [1.29, 1.82) is 0 Å². The van der Waals surface area contributed by atoms with Crippen LogP contribution < -0.4 is 9.47 Å². The van der Waals surface area contributed by atoms with Gasteiger partial charge in [0, 0.05) is 37.8 Å². The molecule has 25 heavy (non-hydrogen) atoms.